The van der Waals surface area contributed by atoms with Crippen LogP contribution >= 0.6 is 0 Å². The van der Waals surface area contributed by atoms with Gasteiger partial charge in [-0.15, -0.1) is 0 Å². The lowest BCUT2D eigenvalue weighted by atomic mass is 10.1. The van der Waals surface area contributed by atoms with Crippen LogP contribution in [0, 0.1) is 0 Å². The van der Waals surface area contributed by atoms with E-state index in [1.807, 2.05) is 24.3 Å². The molecule has 0 fully saturated rings. The molecule has 0 spiro atoms. The maximum atomic E-state index is 11.7. The van der Waals surface area contributed by atoms with Crippen molar-refractivity contribution in [1.29, 1.82) is 0 Å². The largest absolute Gasteiger partial charge is 0.497 e. The predicted molar refractivity (Wildman–Crippen MR) is 77.0 cm³/mol. The summed E-state index contributed by atoms with van der Waals surface area (Å²) in [4.78, 5) is 23.0. The Morgan fingerprint density at radius 1 is 1.19 bits per heavy atom. The predicted octanol–water partition coefficient (Wildman–Crippen LogP) is 2.04. The summed E-state index contributed by atoms with van der Waals surface area (Å²) in [5.41, 5.74) is 1.02. The van der Waals surface area contributed by atoms with Gasteiger partial charge < -0.3 is 14.2 Å². The van der Waals surface area contributed by atoms with E-state index in [2.05, 4.69) is 10.1 Å². The number of carbonyl (C=O) groups excluding carboxylic acids is 2. The van der Waals surface area contributed by atoms with Gasteiger partial charge in [0.05, 0.1) is 20.8 Å². The van der Waals surface area contributed by atoms with Crippen molar-refractivity contribution in [3.8, 4) is 5.75 Å². The lowest BCUT2D eigenvalue weighted by Gasteiger charge is -2.08. The molecular formula is C15H19NO5. The van der Waals surface area contributed by atoms with Gasteiger partial charge in [-0.3, -0.25) is 5.32 Å². The van der Waals surface area contributed by atoms with Crippen LogP contribution in [-0.4, -0.2) is 32.9 Å². The molecule has 1 N–H and O–H groups in total. The highest BCUT2D eigenvalue weighted by molar-refractivity contribution is 5.92. The van der Waals surface area contributed by atoms with Crippen LogP contribution in [0.2, 0.25) is 0 Å². The first-order chi connectivity index (χ1) is 10.1. The third-order valence-corrected chi connectivity index (χ3v) is 2.62. The maximum Gasteiger partial charge on any atom is 0.411 e. The number of alkyl carbamates (subject to hydrolysis) is 1. The molecule has 6 nitrogen and oxygen atoms in total. The minimum Gasteiger partial charge on any atom is -0.497 e. The molecule has 0 bridgehead atoms. The Morgan fingerprint density at radius 3 is 2.38 bits per heavy atom. The van der Waals surface area contributed by atoms with E-state index >= 15 is 0 Å². The second kappa shape index (κ2) is 8.63. The van der Waals surface area contributed by atoms with E-state index in [4.69, 9.17) is 9.47 Å². The van der Waals surface area contributed by atoms with E-state index in [1.54, 1.807) is 20.1 Å². The highest BCUT2D eigenvalue weighted by atomic mass is 16.5. The van der Waals surface area contributed by atoms with Crippen molar-refractivity contribution < 1.29 is 23.8 Å². The van der Waals surface area contributed by atoms with Gasteiger partial charge in [0.15, 0.2) is 0 Å². The fraction of sp³-hybridized carbons (Fsp3) is 0.333. The summed E-state index contributed by atoms with van der Waals surface area (Å²) in [6, 6.07) is 7.38. The Kier molecular flexibility index (Phi) is 6.80. The first kappa shape index (κ1) is 16.6. The van der Waals surface area contributed by atoms with E-state index in [1.165, 1.54) is 7.11 Å². The molecule has 0 heterocycles. The van der Waals surface area contributed by atoms with Crippen LogP contribution in [-0.2, 0) is 20.7 Å². The Hall–Kier alpha value is -2.50. The molecule has 0 aromatic heterocycles. The van der Waals surface area contributed by atoms with Crippen molar-refractivity contribution in [2.45, 2.75) is 13.3 Å². The minimum absolute atomic E-state index is 0.0551. The number of methoxy groups -OCH3 is 2. The zero-order valence-electron chi connectivity index (χ0n) is 12.3. The third kappa shape index (κ3) is 5.56. The molecule has 0 unspecified atom stereocenters. The maximum absolute atomic E-state index is 11.7. The zero-order chi connectivity index (χ0) is 15.7. The number of amides is 1. The SMILES string of the molecule is CCOC(=O)/C(=C/Cc1ccc(OC)cc1)NC(=O)OC. The van der Waals surface area contributed by atoms with Crippen LogP contribution in [0.5, 0.6) is 5.75 Å². The first-order valence-electron chi connectivity index (χ1n) is 6.45. The van der Waals surface area contributed by atoms with Crippen LogP contribution in [0.25, 0.3) is 0 Å². The van der Waals surface area contributed by atoms with E-state index in [9.17, 15) is 9.59 Å². The number of benzene rings is 1. The van der Waals surface area contributed by atoms with Crippen molar-refractivity contribution in [2.24, 2.45) is 0 Å². The van der Waals surface area contributed by atoms with Crippen molar-refractivity contribution in [3.05, 3.63) is 41.6 Å². The topological polar surface area (TPSA) is 73.9 Å². The van der Waals surface area contributed by atoms with Gasteiger partial charge in [0, 0.05) is 0 Å². The molecule has 0 saturated carbocycles. The lowest BCUT2D eigenvalue weighted by Crippen LogP contribution is -2.28. The molecule has 0 atom stereocenters. The van der Waals surface area contributed by atoms with Crippen molar-refractivity contribution in [2.75, 3.05) is 20.8 Å². The molecule has 1 aromatic carbocycles. The van der Waals surface area contributed by atoms with Gasteiger partial charge in [0.1, 0.15) is 11.4 Å². The van der Waals surface area contributed by atoms with Gasteiger partial charge in [0.2, 0.25) is 0 Å². The summed E-state index contributed by atoms with van der Waals surface area (Å²) >= 11 is 0. The van der Waals surface area contributed by atoms with Crippen molar-refractivity contribution in [1.82, 2.24) is 5.32 Å². The first-order valence-corrected chi connectivity index (χ1v) is 6.45. The Balaban J connectivity index is 2.80. The molecule has 0 saturated heterocycles. The number of ether oxygens (including phenoxy) is 3. The van der Waals surface area contributed by atoms with Gasteiger partial charge in [-0.2, -0.15) is 0 Å². The lowest BCUT2D eigenvalue weighted by molar-refractivity contribution is -0.138. The highest BCUT2D eigenvalue weighted by Crippen LogP contribution is 2.12. The third-order valence-electron chi connectivity index (χ3n) is 2.62. The number of hydrogen-bond donors (Lipinski definition) is 1. The summed E-state index contributed by atoms with van der Waals surface area (Å²) in [6.45, 7) is 1.92. The van der Waals surface area contributed by atoms with E-state index in [0.717, 1.165) is 11.3 Å². The smallest absolute Gasteiger partial charge is 0.411 e. The molecule has 1 rings (SSSR count). The summed E-state index contributed by atoms with van der Waals surface area (Å²) in [5, 5.41) is 2.34. The molecular weight excluding hydrogens is 274 g/mol. The number of rotatable bonds is 6. The van der Waals surface area contributed by atoms with Crippen LogP contribution < -0.4 is 10.1 Å². The van der Waals surface area contributed by atoms with Gasteiger partial charge in [-0.05, 0) is 37.1 Å². The average Bonchev–Trinajstić information content (AvgIpc) is 2.51. The molecule has 114 valence electrons. The second-order valence-corrected chi connectivity index (χ2v) is 4.01. The highest BCUT2D eigenvalue weighted by Gasteiger charge is 2.13. The van der Waals surface area contributed by atoms with Gasteiger partial charge in [0.25, 0.3) is 0 Å². The number of allylic oxidation sites excluding steroid dienone is 1. The Morgan fingerprint density at radius 2 is 1.86 bits per heavy atom. The minimum atomic E-state index is -0.718. The van der Waals surface area contributed by atoms with Crippen LogP contribution in [0.1, 0.15) is 12.5 Å². The molecule has 0 aliphatic rings. The number of nitrogens with one attached hydrogen (secondary N) is 1. The van der Waals surface area contributed by atoms with Crippen LogP contribution in [0.15, 0.2) is 36.0 Å². The summed E-state index contributed by atoms with van der Waals surface area (Å²) in [7, 11) is 2.82. The van der Waals surface area contributed by atoms with E-state index in [0.29, 0.717) is 6.42 Å². The standard InChI is InChI=1S/C15H19NO5/c1-4-21-14(17)13(16-15(18)20-3)10-7-11-5-8-12(19-2)9-6-11/h5-6,8-10H,4,7H2,1-3H3,(H,16,18)/b13-10-. The van der Waals surface area contributed by atoms with Crippen molar-refractivity contribution >= 4 is 12.1 Å². The van der Waals surface area contributed by atoms with Gasteiger partial charge in [-0.25, -0.2) is 9.59 Å². The van der Waals surface area contributed by atoms with Crippen LogP contribution in [0.3, 0.4) is 0 Å². The molecule has 21 heavy (non-hydrogen) atoms. The van der Waals surface area contributed by atoms with Crippen molar-refractivity contribution in [3.63, 3.8) is 0 Å². The molecule has 0 aliphatic carbocycles. The fourth-order valence-corrected chi connectivity index (χ4v) is 1.54. The molecule has 0 aliphatic heterocycles. The fourth-order valence-electron chi connectivity index (χ4n) is 1.54. The van der Waals surface area contributed by atoms with Gasteiger partial charge in [-0.1, -0.05) is 12.1 Å². The summed E-state index contributed by atoms with van der Waals surface area (Å²) in [5.74, 6) is 0.150. The zero-order valence-corrected chi connectivity index (χ0v) is 12.3. The molecule has 0 radical (unpaired) electrons. The Labute approximate surface area is 123 Å². The molecule has 6 heteroatoms. The van der Waals surface area contributed by atoms with E-state index < -0.39 is 12.1 Å². The van der Waals surface area contributed by atoms with Crippen LogP contribution in [0.4, 0.5) is 4.79 Å². The molecule has 1 aromatic rings. The Bertz CT molecular complexity index is 507. The quantitative estimate of drug-likeness (QED) is 0.642. The summed E-state index contributed by atoms with van der Waals surface area (Å²) in [6.07, 6.45) is 1.32. The average molecular weight is 293 g/mol. The van der Waals surface area contributed by atoms with Gasteiger partial charge >= 0.3 is 12.1 Å². The second-order valence-electron chi connectivity index (χ2n) is 4.01. The number of esters is 1. The number of carbonyl (C=O) groups is 2. The summed E-state index contributed by atoms with van der Waals surface area (Å²) < 4.78 is 14.4. The monoisotopic (exact) mass is 293 g/mol. The van der Waals surface area contributed by atoms with E-state index in [-0.39, 0.29) is 12.3 Å². The molecule has 1 amide bonds. The normalized spacial score (nSPS) is 10.7. The number of hydrogen-bond acceptors (Lipinski definition) is 5.